The topological polar surface area (TPSA) is 50.8 Å². The number of carbonyl (C=O) groups is 1. The van der Waals surface area contributed by atoms with Crippen LogP contribution in [0.2, 0.25) is 0 Å². The number of nitrogens with one attached hydrogen (secondary N) is 1. The number of anilines is 1. The highest BCUT2D eigenvalue weighted by molar-refractivity contribution is 6.10. The summed E-state index contributed by atoms with van der Waals surface area (Å²) in [5, 5.41) is 5.07. The lowest BCUT2D eigenvalue weighted by Crippen LogP contribution is -2.38. The van der Waals surface area contributed by atoms with Crippen molar-refractivity contribution in [3.63, 3.8) is 0 Å². The Kier molecular flexibility index (Phi) is 7.31. The van der Waals surface area contributed by atoms with Gasteiger partial charge in [0.15, 0.2) is 0 Å². The van der Waals surface area contributed by atoms with Crippen molar-refractivity contribution in [1.82, 2.24) is 4.90 Å². The molecule has 0 bridgehead atoms. The number of hydrogen-bond donors (Lipinski definition) is 1. The summed E-state index contributed by atoms with van der Waals surface area (Å²) < 4.78 is 11.6. The summed E-state index contributed by atoms with van der Waals surface area (Å²) in [4.78, 5) is 15.6. The van der Waals surface area contributed by atoms with Gasteiger partial charge in [0.2, 0.25) is 0 Å². The smallest absolute Gasteiger partial charge is 0.255 e. The Labute approximate surface area is 212 Å². The van der Waals surface area contributed by atoms with Crippen molar-refractivity contribution >= 4 is 22.4 Å². The number of aryl methyl sites for hydroxylation is 1. The van der Waals surface area contributed by atoms with Crippen LogP contribution in [0, 0.1) is 13.8 Å². The molecular weight excluding hydrogens is 448 g/mol. The fraction of sp³-hybridized carbons (Fsp3) is 0.258. The summed E-state index contributed by atoms with van der Waals surface area (Å²) in [7, 11) is 0. The standard InChI is InChI=1S/C31H32N2O3/c1-22-7-5-12-26(23(22)2)24-8-6-9-25(21-24)31(34)32-29-13-14-30(28-11-4-3-10-27(28)29)36-20-17-33-15-18-35-19-16-33/h3-14,21H,15-20H2,1-2H3,(H,32,34). The number of amides is 1. The number of ether oxygens (including phenoxy) is 2. The fourth-order valence-electron chi connectivity index (χ4n) is 4.70. The molecule has 1 saturated heterocycles. The van der Waals surface area contributed by atoms with Gasteiger partial charge in [-0.15, -0.1) is 0 Å². The van der Waals surface area contributed by atoms with Crippen molar-refractivity contribution < 1.29 is 14.3 Å². The Morgan fingerprint density at radius 3 is 2.53 bits per heavy atom. The minimum absolute atomic E-state index is 0.131. The SMILES string of the molecule is Cc1cccc(-c2cccc(C(=O)Nc3ccc(OCCN4CCOCC4)c4ccccc34)c2)c1C. The van der Waals surface area contributed by atoms with Gasteiger partial charge in [0.05, 0.1) is 13.2 Å². The van der Waals surface area contributed by atoms with E-state index in [4.69, 9.17) is 9.47 Å². The van der Waals surface area contributed by atoms with Crippen molar-refractivity contribution in [3.05, 3.63) is 95.6 Å². The summed E-state index contributed by atoms with van der Waals surface area (Å²) in [5.41, 5.74) is 6.05. The zero-order valence-electron chi connectivity index (χ0n) is 20.9. The molecule has 0 saturated carbocycles. The molecule has 4 aromatic carbocycles. The number of morpholine rings is 1. The van der Waals surface area contributed by atoms with Crippen molar-refractivity contribution in [1.29, 1.82) is 0 Å². The molecule has 0 aliphatic carbocycles. The van der Waals surface area contributed by atoms with Gasteiger partial charge in [-0.2, -0.15) is 0 Å². The van der Waals surface area contributed by atoms with E-state index in [0.29, 0.717) is 12.2 Å². The predicted octanol–water partition coefficient (Wildman–Crippen LogP) is 6.09. The fourth-order valence-corrected chi connectivity index (χ4v) is 4.70. The molecular formula is C31H32N2O3. The maximum Gasteiger partial charge on any atom is 0.255 e. The first-order valence-electron chi connectivity index (χ1n) is 12.5. The van der Waals surface area contributed by atoms with Gasteiger partial charge in [-0.1, -0.05) is 54.6 Å². The number of benzene rings is 4. The van der Waals surface area contributed by atoms with Crippen molar-refractivity contribution in [2.75, 3.05) is 44.8 Å². The molecule has 0 unspecified atom stereocenters. The van der Waals surface area contributed by atoms with Crippen LogP contribution < -0.4 is 10.1 Å². The summed E-state index contributed by atoms with van der Waals surface area (Å²) in [6, 6.07) is 26.0. The van der Waals surface area contributed by atoms with Gasteiger partial charge in [-0.05, 0) is 60.4 Å². The molecule has 5 heteroatoms. The zero-order chi connectivity index (χ0) is 24.9. The van der Waals surface area contributed by atoms with Crippen LogP contribution >= 0.6 is 0 Å². The number of hydrogen-bond acceptors (Lipinski definition) is 4. The molecule has 1 amide bonds. The van der Waals surface area contributed by atoms with E-state index in [9.17, 15) is 4.79 Å². The number of rotatable bonds is 7. The molecule has 5 rings (SSSR count). The summed E-state index contributed by atoms with van der Waals surface area (Å²) >= 11 is 0. The van der Waals surface area contributed by atoms with E-state index in [0.717, 1.165) is 66.2 Å². The third-order valence-corrected chi connectivity index (χ3v) is 6.94. The molecule has 1 heterocycles. The van der Waals surface area contributed by atoms with Gasteiger partial charge in [0, 0.05) is 41.7 Å². The lowest BCUT2D eigenvalue weighted by molar-refractivity contribution is 0.0323. The molecule has 0 radical (unpaired) electrons. The molecule has 4 aromatic rings. The highest BCUT2D eigenvalue weighted by Gasteiger charge is 2.14. The van der Waals surface area contributed by atoms with Crippen LogP contribution in [0.4, 0.5) is 5.69 Å². The molecule has 1 aliphatic heterocycles. The zero-order valence-corrected chi connectivity index (χ0v) is 20.9. The minimum atomic E-state index is -0.131. The first kappa shape index (κ1) is 24.0. The molecule has 36 heavy (non-hydrogen) atoms. The first-order chi connectivity index (χ1) is 17.6. The monoisotopic (exact) mass is 480 g/mol. The van der Waals surface area contributed by atoms with E-state index < -0.39 is 0 Å². The normalized spacial score (nSPS) is 14.1. The molecule has 0 aromatic heterocycles. The molecule has 184 valence electrons. The lowest BCUT2D eigenvalue weighted by atomic mass is 9.96. The average molecular weight is 481 g/mol. The van der Waals surface area contributed by atoms with Gasteiger partial charge in [-0.3, -0.25) is 9.69 Å². The van der Waals surface area contributed by atoms with E-state index in [1.54, 1.807) is 0 Å². The van der Waals surface area contributed by atoms with E-state index >= 15 is 0 Å². The molecule has 1 fully saturated rings. The number of fused-ring (bicyclic) bond motifs is 1. The highest BCUT2D eigenvalue weighted by atomic mass is 16.5. The van der Waals surface area contributed by atoms with Gasteiger partial charge in [0.25, 0.3) is 5.91 Å². The maximum atomic E-state index is 13.3. The second-order valence-corrected chi connectivity index (χ2v) is 9.24. The van der Waals surface area contributed by atoms with Crippen LogP contribution in [-0.2, 0) is 4.74 Å². The van der Waals surface area contributed by atoms with Crippen LogP contribution in [0.1, 0.15) is 21.5 Å². The van der Waals surface area contributed by atoms with E-state index in [1.165, 1.54) is 11.1 Å². The van der Waals surface area contributed by atoms with Gasteiger partial charge >= 0.3 is 0 Å². The van der Waals surface area contributed by atoms with Crippen LogP contribution in [0.15, 0.2) is 78.9 Å². The van der Waals surface area contributed by atoms with Crippen molar-refractivity contribution in [2.45, 2.75) is 13.8 Å². The van der Waals surface area contributed by atoms with E-state index in [2.05, 4.69) is 48.3 Å². The maximum absolute atomic E-state index is 13.3. The van der Waals surface area contributed by atoms with E-state index in [1.807, 2.05) is 54.6 Å². The lowest BCUT2D eigenvalue weighted by Gasteiger charge is -2.26. The Morgan fingerprint density at radius 1 is 0.917 bits per heavy atom. The van der Waals surface area contributed by atoms with Crippen molar-refractivity contribution in [3.8, 4) is 16.9 Å². The van der Waals surface area contributed by atoms with Gasteiger partial charge < -0.3 is 14.8 Å². The van der Waals surface area contributed by atoms with Crippen LogP contribution in [0.3, 0.4) is 0 Å². The van der Waals surface area contributed by atoms with Crippen molar-refractivity contribution in [2.24, 2.45) is 0 Å². The molecule has 1 aliphatic rings. The third kappa shape index (κ3) is 5.27. The second-order valence-electron chi connectivity index (χ2n) is 9.24. The van der Waals surface area contributed by atoms with Crippen LogP contribution in [0.25, 0.3) is 21.9 Å². The van der Waals surface area contributed by atoms with Gasteiger partial charge in [-0.25, -0.2) is 0 Å². The Balaban J connectivity index is 1.34. The Hall–Kier alpha value is -3.67. The second kappa shape index (κ2) is 10.9. The van der Waals surface area contributed by atoms with Gasteiger partial charge in [0.1, 0.15) is 12.4 Å². The largest absolute Gasteiger partial charge is 0.492 e. The van der Waals surface area contributed by atoms with Crippen LogP contribution in [-0.4, -0.2) is 50.3 Å². The number of carbonyl (C=O) groups excluding carboxylic acids is 1. The predicted molar refractivity (Wildman–Crippen MR) is 146 cm³/mol. The summed E-state index contributed by atoms with van der Waals surface area (Å²) in [5.74, 6) is 0.696. The third-order valence-electron chi connectivity index (χ3n) is 6.94. The van der Waals surface area contributed by atoms with E-state index in [-0.39, 0.29) is 5.91 Å². The van der Waals surface area contributed by atoms with Crippen LogP contribution in [0.5, 0.6) is 5.75 Å². The Bertz CT molecular complexity index is 1380. The molecule has 5 nitrogen and oxygen atoms in total. The summed E-state index contributed by atoms with van der Waals surface area (Å²) in [6.45, 7) is 9.16. The highest BCUT2D eigenvalue weighted by Crippen LogP contribution is 2.32. The molecule has 0 spiro atoms. The molecule has 0 atom stereocenters. The minimum Gasteiger partial charge on any atom is -0.492 e. The first-order valence-corrected chi connectivity index (χ1v) is 12.5. The summed E-state index contributed by atoms with van der Waals surface area (Å²) in [6.07, 6.45) is 0. The molecule has 1 N–H and O–H groups in total. The average Bonchev–Trinajstić information content (AvgIpc) is 2.92. The number of nitrogens with zero attached hydrogens (tertiary/aromatic N) is 1. The Morgan fingerprint density at radius 2 is 1.69 bits per heavy atom. The quantitative estimate of drug-likeness (QED) is 0.348.